The third kappa shape index (κ3) is 7.17. The fourth-order valence-corrected chi connectivity index (χ4v) is 2.08. The number of likely N-dealkylation sites (N-methyl/N-ethyl adjacent to an activating group) is 1. The van der Waals surface area contributed by atoms with Gasteiger partial charge in [-0.15, -0.1) is 0 Å². The lowest BCUT2D eigenvalue weighted by molar-refractivity contribution is -0.130. The molecule has 0 bridgehead atoms. The molecule has 1 amide bonds. The Kier molecular flexibility index (Phi) is 8.80. The van der Waals surface area contributed by atoms with Gasteiger partial charge in [0.15, 0.2) is 5.96 Å². The molecule has 2 N–H and O–H groups in total. The first-order valence-electron chi connectivity index (χ1n) is 8.47. The van der Waals surface area contributed by atoms with Crippen molar-refractivity contribution in [3.05, 3.63) is 35.9 Å². The van der Waals surface area contributed by atoms with Crippen molar-refractivity contribution in [3.63, 3.8) is 0 Å². The summed E-state index contributed by atoms with van der Waals surface area (Å²) in [5.41, 5.74) is 1.14. The van der Waals surface area contributed by atoms with E-state index in [0.717, 1.165) is 18.5 Å². The Morgan fingerprint density at radius 3 is 2.48 bits per heavy atom. The summed E-state index contributed by atoms with van der Waals surface area (Å²) in [5, 5.41) is 6.48. The van der Waals surface area contributed by atoms with Gasteiger partial charge < -0.3 is 15.5 Å². The molecule has 0 radical (unpaired) electrons. The zero-order chi connectivity index (χ0) is 17.1. The highest BCUT2D eigenvalue weighted by Gasteiger charge is 2.12. The van der Waals surface area contributed by atoms with Gasteiger partial charge >= 0.3 is 0 Å². The minimum Gasteiger partial charge on any atom is -0.357 e. The quantitative estimate of drug-likeness (QED) is 0.571. The summed E-state index contributed by atoms with van der Waals surface area (Å²) in [6, 6.07) is 10.4. The first-order valence-corrected chi connectivity index (χ1v) is 8.47. The summed E-state index contributed by atoms with van der Waals surface area (Å²) in [6.07, 6.45) is 1.01. The maximum Gasteiger partial charge on any atom is 0.244 e. The lowest BCUT2D eigenvalue weighted by Crippen LogP contribution is -2.43. The standard InChI is InChI=1S/C18H30N4O/c1-5-15(4)21-18(19-6-2)20-13-17(23)22(7-3)14-16-11-9-8-10-12-16/h8-12,15H,5-7,13-14H2,1-4H3,(H2,19,20,21). The van der Waals surface area contributed by atoms with Crippen molar-refractivity contribution in [1.82, 2.24) is 15.5 Å². The van der Waals surface area contributed by atoms with Gasteiger partial charge in [-0.3, -0.25) is 4.79 Å². The number of aliphatic imine (C=N–C) groups is 1. The Bertz CT molecular complexity index is 487. The van der Waals surface area contributed by atoms with Gasteiger partial charge in [0.1, 0.15) is 6.54 Å². The van der Waals surface area contributed by atoms with E-state index in [4.69, 9.17) is 0 Å². The maximum absolute atomic E-state index is 12.4. The number of hydrogen-bond donors (Lipinski definition) is 2. The van der Waals surface area contributed by atoms with Crippen LogP contribution in [-0.2, 0) is 11.3 Å². The summed E-state index contributed by atoms with van der Waals surface area (Å²) in [7, 11) is 0. The number of guanidine groups is 1. The van der Waals surface area contributed by atoms with Gasteiger partial charge in [-0.2, -0.15) is 0 Å². The van der Waals surface area contributed by atoms with E-state index in [1.807, 2.05) is 49.1 Å². The van der Waals surface area contributed by atoms with E-state index < -0.39 is 0 Å². The molecule has 0 saturated carbocycles. The molecule has 1 rings (SSSR count). The Morgan fingerprint density at radius 2 is 1.91 bits per heavy atom. The number of nitrogens with one attached hydrogen (secondary N) is 2. The SMILES string of the molecule is CCNC(=NCC(=O)N(CC)Cc1ccccc1)NC(C)CC. The molecular formula is C18H30N4O. The number of benzene rings is 1. The fraction of sp³-hybridized carbons (Fsp3) is 0.556. The van der Waals surface area contributed by atoms with Crippen LogP contribution in [0.25, 0.3) is 0 Å². The molecule has 0 saturated heterocycles. The highest BCUT2D eigenvalue weighted by atomic mass is 16.2. The average molecular weight is 318 g/mol. The van der Waals surface area contributed by atoms with Crippen molar-refractivity contribution in [3.8, 4) is 0 Å². The normalized spacial score (nSPS) is 12.6. The number of rotatable bonds is 8. The second-order valence-electron chi connectivity index (χ2n) is 5.54. The lowest BCUT2D eigenvalue weighted by Gasteiger charge is -2.21. The molecule has 23 heavy (non-hydrogen) atoms. The second kappa shape index (κ2) is 10.6. The zero-order valence-electron chi connectivity index (χ0n) is 14.8. The van der Waals surface area contributed by atoms with Crippen LogP contribution in [0.1, 0.15) is 39.7 Å². The summed E-state index contributed by atoms with van der Waals surface area (Å²) < 4.78 is 0. The number of amides is 1. The fourth-order valence-electron chi connectivity index (χ4n) is 2.08. The number of nitrogens with zero attached hydrogens (tertiary/aromatic N) is 2. The molecule has 0 heterocycles. The van der Waals surface area contributed by atoms with Gasteiger partial charge in [0.05, 0.1) is 0 Å². The first kappa shape index (κ1) is 19.0. The zero-order valence-corrected chi connectivity index (χ0v) is 14.8. The van der Waals surface area contributed by atoms with E-state index in [1.165, 1.54) is 0 Å². The minimum atomic E-state index is 0.0395. The van der Waals surface area contributed by atoms with Crippen LogP contribution in [0.5, 0.6) is 0 Å². The van der Waals surface area contributed by atoms with E-state index in [2.05, 4.69) is 29.5 Å². The van der Waals surface area contributed by atoms with E-state index in [1.54, 1.807) is 0 Å². The van der Waals surface area contributed by atoms with Crippen molar-refractivity contribution in [2.45, 2.75) is 46.7 Å². The summed E-state index contributed by atoms with van der Waals surface area (Å²) >= 11 is 0. The summed E-state index contributed by atoms with van der Waals surface area (Å²) in [4.78, 5) is 18.6. The first-order chi connectivity index (χ1) is 11.1. The van der Waals surface area contributed by atoms with Crippen molar-refractivity contribution >= 4 is 11.9 Å². The average Bonchev–Trinajstić information content (AvgIpc) is 2.58. The molecule has 0 spiro atoms. The van der Waals surface area contributed by atoms with E-state index in [0.29, 0.717) is 25.1 Å². The van der Waals surface area contributed by atoms with Crippen molar-refractivity contribution in [2.24, 2.45) is 4.99 Å². The Morgan fingerprint density at radius 1 is 1.22 bits per heavy atom. The van der Waals surface area contributed by atoms with Crippen LogP contribution >= 0.6 is 0 Å². The topological polar surface area (TPSA) is 56.7 Å². The van der Waals surface area contributed by atoms with Crippen LogP contribution in [0, 0.1) is 0 Å². The van der Waals surface area contributed by atoms with Crippen molar-refractivity contribution in [1.29, 1.82) is 0 Å². The predicted molar refractivity (Wildman–Crippen MR) is 96.4 cm³/mol. The molecule has 1 aromatic carbocycles. The van der Waals surface area contributed by atoms with Gasteiger partial charge in [-0.25, -0.2) is 4.99 Å². The molecule has 1 aromatic rings. The number of hydrogen-bond acceptors (Lipinski definition) is 2. The Labute approximate surface area is 140 Å². The van der Waals surface area contributed by atoms with Crippen LogP contribution in [0.4, 0.5) is 0 Å². The minimum absolute atomic E-state index is 0.0395. The van der Waals surface area contributed by atoms with E-state index in [9.17, 15) is 4.79 Å². The van der Waals surface area contributed by atoms with Crippen molar-refractivity contribution in [2.75, 3.05) is 19.6 Å². The largest absolute Gasteiger partial charge is 0.357 e. The number of carbonyl (C=O) groups excluding carboxylic acids is 1. The number of carbonyl (C=O) groups is 1. The van der Waals surface area contributed by atoms with Crippen LogP contribution in [0.15, 0.2) is 35.3 Å². The third-order valence-corrected chi connectivity index (χ3v) is 3.66. The Hall–Kier alpha value is -2.04. The van der Waals surface area contributed by atoms with Gasteiger partial charge in [-0.1, -0.05) is 37.3 Å². The second-order valence-corrected chi connectivity index (χ2v) is 5.54. The van der Waals surface area contributed by atoms with Crippen molar-refractivity contribution < 1.29 is 4.79 Å². The molecular weight excluding hydrogens is 288 g/mol. The molecule has 1 atom stereocenters. The monoisotopic (exact) mass is 318 g/mol. The smallest absolute Gasteiger partial charge is 0.244 e. The molecule has 128 valence electrons. The molecule has 0 fully saturated rings. The summed E-state index contributed by atoms with van der Waals surface area (Å²) in [5.74, 6) is 0.740. The molecule has 1 unspecified atom stereocenters. The van der Waals surface area contributed by atoms with Crippen LogP contribution < -0.4 is 10.6 Å². The lowest BCUT2D eigenvalue weighted by atomic mass is 10.2. The molecule has 0 aromatic heterocycles. The van der Waals surface area contributed by atoms with Gasteiger partial charge in [-0.05, 0) is 32.8 Å². The maximum atomic E-state index is 12.4. The molecule has 0 aliphatic rings. The summed E-state index contributed by atoms with van der Waals surface area (Å²) in [6.45, 7) is 10.5. The van der Waals surface area contributed by atoms with Gasteiger partial charge in [0.2, 0.25) is 5.91 Å². The van der Waals surface area contributed by atoms with E-state index in [-0.39, 0.29) is 12.5 Å². The van der Waals surface area contributed by atoms with Gasteiger partial charge in [0, 0.05) is 25.7 Å². The van der Waals surface area contributed by atoms with Gasteiger partial charge in [0.25, 0.3) is 0 Å². The highest BCUT2D eigenvalue weighted by molar-refractivity contribution is 5.85. The molecule has 5 heteroatoms. The molecule has 0 aliphatic heterocycles. The van der Waals surface area contributed by atoms with Crippen LogP contribution in [0.2, 0.25) is 0 Å². The van der Waals surface area contributed by atoms with Crippen LogP contribution in [0.3, 0.4) is 0 Å². The molecule has 5 nitrogen and oxygen atoms in total. The molecule has 0 aliphatic carbocycles. The van der Waals surface area contributed by atoms with E-state index >= 15 is 0 Å². The van der Waals surface area contributed by atoms with Crippen LogP contribution in [-0.4, -0.2) is 42.4 Å². The highest BCUT2D eigenvalue weighted by Crippen LogP contribution is 2.04. The predicted octanol–water partition coefficient (Wildman–Crippen LogP) is 2.39. The third-order valence-electron chi connectivity index (χ3n) is 3.66. The Balaban J connectivity index is 2.64.